The number of piperazine rings is 1. The van der Waals surface area contributed by atoms with Crippen LogP contribution in [0.1, 0.15) is 15.9 Å². The van der Waals surface area contributed by atoms with Crippen LogP contribution in [0.3, 0.4) is 0 Å². The number of phenols is 1. The molecule has 24 heavy (non-hydrogen) atoms. The van der Waals surface area contributed by atoms with Gasteiger partial charge in [0.2, 0.25) is 5.91 Å². The van der Waals surface area contributed by atoms with Gasteiger partial charge < -0.3 is 15.7 Å². The number of benzene rings is 1. The van der Waals surface area contributed by atoms with Gasteiger partial charge in [0.05, 0.1) is 10.6 Å². The highest BCUT2D eigenvalue weighted by molar-refractivity contribution is 6.33. The van der Waals surface area contributed by atoms with E-state index in [-0.39, 0.29) is 5.75 Å². The zero-order valence-corrected chi connectivity index (χ0v) is 13.9. The third kappa shape index (κ3) is 3.77. The molecule has 2 aromatic rings. The Bertz CT molecular complexity index is 745. The van der Waals surface area contributed by atoms with Crippen LogP contribution in [0.25, 0.3) is 0 Å². The highest BCUT2D eigenvalue weighted by Crippen LogP contribution is 2.25. The summed E-state index contributed by atoms with van der Waals surface area (Å²) >= 11 is 6.24. The number of nitrogens with two attached hydrogens (primary N) is 1. The first-order valence-corrected chi connectivity index (χ1v) is 8.11. The Balaban J connectivity index is 1.62. The molecule has 126 valence electrons. The van der Waals surface area contributed by atoms with Crippen LogP contribution in [0.2, 0.25) is 5.02 Å². The Hall–Kier alpha value is -2.31. The van der Waals surface area contributed by atoms with Crippen LogP contribution in [0.15, 0.2) is 36.5 Å². The van der Waals surface area contributed by atoms with Crippen LogP contribution in [-0.2, 0) is 6.54 Å². The number of phenolic OH excluding ortho intramolecular Hbond substituents is 1. The summed E-state index contributed by atoms with van der Waals surface area (Å²) in [7, 11) is 0. The standard InChI is InChI=1S/C17H19ClN4O2/c18-15-9-13(16(19)24)10-20-17(15)22-6-4-21(5-7-22)11-12-2-1-3-14(23)8-12/h1-3,8-10,23H,4-7,11H2,(H2,19,24). The lowest BCUT2D eigenvalue weighted by Crippen LogP contribution is -2.46. The van der Waals surface area contributed by atoms with E-state index in [1.165, 1.54) is 6.20 Å². The van der Waals surface area contributed by atoms with Gasteiger partial charge in [-0.3, -0.25) is 9.69 Å². The maximum absolute atomic E-state index is 11.2. The Morgan fingerprint density at radius 1 is 1.25 bits per heavy atom. The molecule has 1 aliphatic rings. The number of primary amides is 1. The van der Waals surface area contributed by atoms with E-state index in [0.29, 0.717) is 16.4 Å². The molecule has 1 amide bonds. The second kappa shape index (κ2) is 7.07. The molecule has 0 saturated carbocycles. The number of halogens is 1. The van der Waals surface area contributed by atoms with Crippen LogP contribution in [0, 0.1) is 0 Å². The number of hydrogen-bond acceptors (Lipinski definition) is 5. The first kappa shape index (κ1) is 16.5. The van der Waals surface area contributed by atoms with E-state index >= 15 is 0 Å². The fraction of sp³-hybridized carbons (Fsp3) is 0.294. The van der Waals surface area contributed by atoms with Gasteiger partial charge in [-0.05, 0) is 23.8 Å². The number of carbonyl (C=O) groups excluding carboxylic acids is 1. The minimum absolute atomic E-state index is 0.289. The number of hydrogen-bond donors (Lipinski definition) is 2. The zero-order valence-electron chi connectivity index (χ0n) is 13.2. The molecule has 1 fully saturated rings. The van der Waals surface area contributed by atoms with Gasteiger partial charge in [0, 0.05) is 38.9 Å². The molecule has 6 nitrogen and oxygen atoms in total. The summed E-state index contributed by atoms with van der Waals surface area (Å²) in [6, 6.07) is 8.88. The lowest BCUT2D eigenvalue weighted by atomic mass is 10.2. The van der Waals surface area contributed by atoms with Crippen molar-refractivity contribution in [2.45, 2.75) is 6.54 Å². The zero-order chi connectivity index (χ0) is 17.1. The van der Waals surface area contributed by atoms with Crippen LogP contribution < -0.4 is 10.6 Å². The number of nitrogens with zero attached hydrogens (tertiary/aromatic N) is 3. The van der Waals surface area contributed by atoms with E-state index in [9.17, 15) is 9.90 Å². The van der Waals surface area contributed by atoms with E-state index in [0.717, 1.165) is 38.3 Å². The summed E-state index contributed by atoms with van der Waals surface area (Å²) in [5.74, 6) is 0.433. The van der Waals surface area contributed by atoms with E-state index in [1.54, 1.807) is 18.2 Å². The van der Waals surface area contributed by atoms with Gasteiger partial charge in [-0.25, -0.2) is 4.98 Å². The Labute approximate surface area is 145 Å². The van der Waals surface area contributed by atoms with E-state index < -0.39 is 5.91 Å². The highest BCUT2D eigenvalue weighted by atomic mass is 35.5. The molecule has 2 heterocycles. The molecular formula is C17H19ClN4O2. The topological polar surface area (TPSA) is 82.7 Å². The Kier molecular flexibility index (Phi) is 4.87. The monoisotopic (exact) mass is 346 g/mol. The number of aromatic nitrogens is 1. The van der Waals surface area contributed by atoms with Crippen LogP contribution in [0.5, 0.6) is 5.75 Å². The van der Waals surface area contributed by atoms with Gasteiger partial charge >= 0.3 is 0 Å². The fourth-order valence-electron chi connectivity index (χ4n) is 2.83. The van der Waals surface area contributed by atoms with Crippen molar-refractivity contribution >= 4 is 23.3 Å². The molecule has 0 aliphatic carbocycles. The third-order valence-corrected chi connectivity index (χ3v) is 4.37. The van der Waals surface area contributed by atoms with Gasteiger partial charge in [0.15, 0.2) is 0 Å². The molecule has 3 N–H and O–H groups in total. The third-order valence-electron chi connectivity index (χ3n) is 4.09. The minimum atomic E-state index is -0.535. The maximum atomic E-state index is 11.2. The smallest absolute Gasteiger partial charge is 0.250 e. The highest BCUT2D eigenvalue weighted by Gasteiger charge is 2.20. The SMILES string of the molecule is NC(=O)c1cnc(N2CCN(Cc3cccc(O)c3)CC2)c(Cl)c1. The van der Waals surface area contributed by atoms with Crippen molar-refractivity contribution in [1.29, 1.82) is 0 Å². The normalized spacial score (nSPS) is 15.5. The molecule has 1 aromatic heterocycles. The summed E-state index contributed by atoms with van der Waals surface area (Å²) in [6.07, 6.45) is 1.46. The molecule has 1 aromatic carbocycles. The van der Waals surface area contributed by atoms with Crippen LogP contribution in [0.4, 0.5) is 5.82 Å². The molecule has 1 saturated heterocycles. The van der Waals surface area contributed by atoms with Crippen molar-refractivity contribution in [3.8, 4) is 5.75 Å². The quantitative estimate of drug-likeness (QED) is 0.883. The number of pyridine rings is 1. The van der Waals surface area contributed by atoms with Gasteiger partial charge in [-0.15, -0.1) is 0 Å². The van der Waals surface area contributed by atoms with Crippen molar-refractivity contribution in [3.63, 3.8) is 0 Å². The van der Waals surface area contributed by atoms with E-state index in [4.69, 9.17) is 17.3 Å². The van der Waals surface area contributed by atoms with Crippen LogP contribution in [-0.4, -0.2) is 47.1 Å². The molecule has 7 heteroatoms. The Morgan fingerprint density at radius 3 is 2.62 bits per heavy atom. The average Bonchev–Trinajstić information content (AvgIpc) is 2.55. The number of carbonyl (C=O) groups is 1. The largest absolute Gasteiger partial charge is 0.508 e. The molecule has 0 unspecified atom stereocenters. The molecule has 0 radical (unpaired) electrons. The molecule has 0 atom stereocenters. The lowest BCUT2D eigenvalue weighted by molar-refractivity contribution is 0.1000. The summed E-state index contributed by atoms with van der Waals surface area (Å²) in [4.78, 5) is 19.9. The predicted octanol–water partition coefficient (Wildman–Crippen LogP) is 1.86. The van der Waals surface area contributed by atoms with Gasteiger partial charge in [-0.2, -0.15) is 0 Å². The van der Waals surface area contributed by atoms with Gasteiger partial charge in [0.25, 0.3) is 0 Å². The molecule has 0 spiro atoms. The summed E-state index contributed by atoms with van der Waals surface area (Å²) in [6.45, 7) is 4.11. The summed E-state index contributed by atoms with van der Waals surface area (Å²) < 4.78 is 0. The van der Waals surface area contributed by atoms with E-state index in [1.807, 2.05) is 12.1 Å². The first-order chi connectivity index (χ1) is 11.5. The van der Waals surface area contributed by atoms with Crippen molar-refractivity contribution < 1.29 is 9.90 Å². The Morgan fingerprint density at radius 2 is 2.00 bits per heavy atom. The molecule has 3 rings (SSSR count). The van der Waals surface area contributed by atoms with Crippen molar-refractivity contribution in [2.75, 3.05) is 31.1 Å². The number of amides is 1. The predicted molar refractivity (Wildman–Crippen MR) is 93.4 cm³/mol. The van der Waals surface area contributed by atoms with Crippen molar-refractivity contribution in [1.82, 2.24) is 9.88 Å². The minimum Gasteiger partial charge on any atom is -0.508 e. The van der Waals surface area contributed by atoms with Crippen LogP contribution >= 0.6 is 11.6 Å². The molecule has 0 bridgehead atoms. The number of anilines is 1. The number of rotatable bonds is 4. The van der Waals surface area contributed by atoms with Gasteiger partial charge in [-0.1, -0.05) is 23.7 Å². The van der Waals surface area contributed by atoms with Crippen molar-refractivity contribution in [3.05, 3.63) is 52.7 Å². The van der Waals surface area contributed by atoms with E-state index in [2.05, 4.69) is 14.8 Å². The second-order valence-corrected chi connectivity index (χ2v) is 6.23. The lowest BCUT2D eigenvalue weighted by Gasteiger charge is -2.35. The van der Waals surface area contributed by atoms with Crippen molar-refractivity contribution in [2.24, 2.45) is 5.73 Å². The second-order valence-electron chi connectivity index (χ2n) is 5.83. The fourth-order valence-corrected chi connectivity index (χ4v) is 3.11. The summed E-state index contributed by atoms with van der Waals surface area (Å²) in [5.41, 5.74) is 6.64. The maximum Gasteiger partial charge on any atom is 0.250 e. The molecule has 1 aliphatic heterocycles. The summed E-state index contributed by atoms with van der Waals surface area (Å²) in [5, 5.41) is 9.98. The van der Waals surface area contributed by atoms with Gasteiger partial charge in [0.1, 0.15) is 11.6 Å². The first-order valence-electron chi connectivity index (χ1n) is 7.73. The number of aromatic hydroxyl groups is 1. The molecular weight excluding hydrogens is 328 g/mol. The average molecular weight is 347 g/mol.